The number of hydrogen-bond donors (Lipinski definition) is 1. The molecule has 2 heteroatoms. The summed E-state index contributed by atoms with van der Waals surface area (Å²) in [5.41, 5.74) is 1.12. The van der Waals surface area contributed by atoms with Crippen molar-refractivity contribution >= 4 is 0 Å². The average molecular weight is 204 g/mol. The lowest BCUT2D eigenvalue weighted by atomic mass is 9.96. The first kappa shape index (κ1) is 11.6. The molecule has 1 N–H and O–H groups in total. The Labute approximate surface area is 90.9 Å². The van der Waals surface area contributed by atoms with Crippen LogP contribution in [0.5, 0.6) is 5.75 Å². The maximum Gasteiger partial charge on any atom is 0.119 e. The summed E-state index contributed by atoms with van der Waals surface area (Å²) in [5.74, 6) is 3.22. The van der Waals surface area contributed by atoms with Gasteiger partial charge in [0.05, 0.1) is 7.11 Å². The topological polar surface area (TPSA) is 29.5 Å². The number of terminal acetylenes is 1. The van der Waals surface area contributed by atoms with Crippen LogP contribution in [0.3, 0.4) is 0 Å². The molecular formula is C13H16O2. The van der Waals surface area contributed by atoms with Crippen molar-refractivity contribution in [2.75, 3.05) is 7.11 Å². The smallest absolute Gasteiger partial charge is 0.119 e. The van der Waals surface area contributed by atoms with Crippen LogP contribution in [0.2, 0.25) is 0 Å². The van der Waals surface area contributed by atoms with Crippen LogP contribution in [0, 0.1) is 18.3 Å². The van der Waals surface area contributed by atoms with Crippen molar-refractivity contribution in [2.24, 2.45) is 5.92 Å². The van der Waals surface area contributed by atoms with E-state index < -0.39 is 6.10 Å². The van der Waals surface area contributed by atoms with Gasteiger partial charge in [-0.05, 0) is 30.0 Å². The fraction of sp³-hybridized carbons (Fsp3) is 0.385. The molecule has 0 aliphatic carbocycles. The maximum absolute atomic E-state index is 9.45. The predicted octanol–water partition coefficient (Wildman–Crippen LogP) is 1.87. The molecule has 80 valence electrons. The molecule has 1 aromatic carbocycles. The SMILES string of the molecule is C#CC(O)C(C)Cc1cccc(OC)c1. The maximum atomic E-state index is 9.45. The van der Waals surface area contributed by atoms with Crippen LogP contribution < -0.4 is 4.74 Å². The van der Waals surface area contributed by atoms with E-state index in [1.165, 1.54) is 0 Å². The Bertz CT molecular complexity index is 352. The molecule has 0 saturated heterocycles. The van der Waals surface area contributed by atoms with Crippen molar-refractivity contribution in [1.82, 2.24) is 0 Å². The highest BCUT2D eigenvalue weighted by atomic mass is 16.5. The second-order valence-electron chi connectivity index (χ2n) is 3.64. The number of rotatable bonds is 4. The predicted molar refractivity (Wildman–Crippen MR) is 60.7 cm³/mol. The molecule has 0 amide bonds. The van der Waals surface area contributed by atoms with E-state index in [-0.39, 0.29) is 5.92 Å². The molecule has 0 fully saturated rings. The van der Waals surface area contributed by atoms with E-state index in [1.807, 2.05) is 31.2 Å². The summed E-state index contributed by atoms with van der Waals surface area (Å²) in [7, 11) is 1.64. The van der Waals surface area contributed by atoms with Gasteiger partial charge in [0, 0.05) is 0 Å². The van der Waals surface area contributed by atoms with E-state index in [0.717, 1.165) is 17.7 Å². The highest BCUT2D eigenvalue weighted by Crippen LogP contribution is 2.17. The highest BCUT2D eigenvalue weighted by molar-refractivity contribution is 5.28. The van der Waals surface area contributed by atoms with Gasteiger partial charge in [-0.15, -0.1) is 6.42 Å². The van der Waals surface area contributed by atoms with Crippen LogP contribution in [0.15, 0.2) is 24.3 Å². The van der Waals surface area contributed by atoms with Crippen LogP contribution in [-0.2, 0) is 6.42 Å². The van der Waals surface area contributed by atoms with Gasteiger partial charge in [0.25, 0.3) is 0 Å². The van der Waals surface area contributed by atoms with Gasteiger partial charge in [0.2, 0.25) is 0 Å². The molecule has 2 nitrogen and oxygen atoms in total. The summed E-state index contributed by atoms with van der Waals surface area (Å²) < 4.78 is 5.12. The van der Waals surface area contributed by atoms with E-state index in [0.29, 0.717) is 0 Å². The second kappa shape index (κ2) is 5.43. The van der Waals surface area contributed by atoms with Gasteiger partial charge < -0.3 is 9.84 Å². The minimum Gasteiger partial charge on any atom is -0.497 e. The van der Waals surface area contributed by atoms with Crippen LogP contribution in [-0.4, -0.2) is 18.3 Å². The van der Waals surface area contributed by atoms with Crippen LogP contribution in [0.25, 0.3) is 0 Å². The molecule has 0 spiro atoms. The quantitative estimate of drug-likeness (QED) is 0.759. The Kier molecular flexibility index (Phi) is 4.20. The van der Waals surface area contributed by atoms with E-state index in [9.17, 15) is 5.11 Å². The van der Waals surface area contributed by atoms with Crippen LogP contribution >= 0.6 is 0 Å². The van der Waals surface area contributed by atoms with Crippen LogP contribution in [0.4, 0.5) is 0 Å². The van der Waals surface area contributed by atoms with Gasteiger partial charge in [-0.1, -0.05) is 25.0 Å². The van der Waals surface area contributed by atoms with E-state index in [4.69, 9.17) is 11.2 Å². The van der Waals surface area contributed by atoms with Gasteiger partial charge in [0.15, 0.2) is 0 Å². The van der Waals surface area contributed by atoms with Crippen LogP contribution in [0.1, 0.15) is 12.5 Å². The number of methoxy groups -OCH3 is 1. The zero-order valence-corrected chi connectivity index (χ0v) is 9.10. The Balaban J connectivity index is 2.68. The summed E-state index contributed by atoms with van der Waals surface area (Å²) >= 11 is 0. The largest absolute Gasteiger partial charge is 0.497 e. The number of ether oxygens (including phenoxy) is 1. The number of hydrogen-bond acceptors (Lipinski definition) is 2. The first-order valence-electron chi connectivity index (χ1n) is 4.94. The third-order valence-corrected chi connectivity index (χ3v) is 2.40. The molecule has 2 unspecified atom stereocenters. The first-order valence-corrected chi connectivity index (χ1v) is 4.94. The number of aliphatic hydroxyl groups is 1. The summed E-state index contributed by atoms with van der Waals surface area (Å²) in [6.45, 7) is 1.93. The van der Waals surface area contributed by atoms with Crippen molar-refractivity contribution in [3.05, 3.63) is 29.8 Å². The molecule has 0 radical (unpaired) electrons. The summed E-state index contributed by atoms with van der Waals surface area (Å²) in [5, 5.41) is 9.45. The zero-order chi connectivity index (χ0) is 11.3. The Morgan fingerprint density at radius 1 is 1.53 bits per heavy atom. The molecule has 15 heavy (non-hydrogen) atoms. The average Bonchev–Trinajstić information content (AvgIpc) is 2.28. The second-order valence-corrected chi connectivity index (χ2v) is 3.64. The lowest BCUT2D eigenvalue weighted by Gasteiger charge is -2.14. The minimum atomic E-state index is -0.684. The summed E-state index contributed by atoms with van der Waals surface area (Å²) in [6.07, 6.45) is 5.23. The fourth-order valence-corrected chi connectivity index (χ4v) is 1.45. The molecule has 0 aromatic heterocycles. The third-order valence-electron chi connectivity index (χ3n) is 2.40. The van der Waals surface area contributed by atoms with Crippen molar-refractivity contribution < 1.29 is 9.84 Å². The first-order chi connectivity index (χ1) is 7.17. The minimum absolute atomic E-state index is 0.0575. The molecule has 0 heterocycles. The zero-order valence-electron chi connectivity index (χ0n) is 9.10. The Morgan fingerprint density at radius 3 is 2.87 bits per heavy atom. The van der Waals surface area contributed by atoms with Crippen molar-refractivity contribution in [1.29, 1.82) is 0 Å². The van der Waals surface area contributed by atoms with Gasteiger partial charge in [-0.2, -0.15) is 0 Å². The number of aliphatic hydroxyl groups excluding tert-OH is 1. The lowest BCUT2D eigenvalue weighted by molar-refractivity contribution is 0.171. The van der Waals surface area contributed by atoms with Gasteiger partial charge in [-0.3, -0.25) is 0 Å². The van der Waals surface area contributed by atoms with Gasteiger partial charge in [0.1, 0.15) is 11.9 Å². The molecule has 0 aliphatic heterocycles. The molecule has 1 aromatic rings. The van der Waals surface area contributed by atoms with E-state index >= 15 is 0 Å². The van der Waals surface area contributed by atoms with E-state index in [2.05, 4.69) is 5.92 Å². The molecule has 2 atom stereocenters. The molecule has 0 saturated carbocycles. The molecule has 0 aliphatic rings. The van der Waals surface area contributed by atoms with E-state index in [1.54, 1.807) is 7.11 Å². The fourth-order valence-electron chi connectivity index (χ4n) is 1.45. The Morgan fingerprint density at radius 2 is 2.27 bits per heavy atom. The lowest BCUT2D eigenvalue weighted by Crippen LogP contribution is -2.17. The number of benzene rings is 1. The molecular weight excluding hydrogens is 188 g/mol. The van der Waals surface area contributed by atoms with Crippen molar-refractivity contribution in [3.8, 4) is 18.1 Å². The van der Waals surface area contributed by atoms with Crippen molar-refractivity contribution in [3.63, 3.8) is 0 Å². The molecule has 1 rings (SSSR count). The van der Waals surface area contributed by atoms with Crippen molar-refractivity contribution in [2.45, 2.75) is 19.4 Å². The summed E-state index contributed by atoms with van der Waals surface area (Å²) in [4.78, 5) is 0. The van der Waals surface area contributed by atoms with Gasteiger partial charge in [-0.25, -0.2) is 0 Å². The Hall–Kier alpha value is -1.46. The monoisotopic (exact) mass is 204 g/mol. The third kappa shape index (κ3) is 3.30. The normalized spacial score (nSPS) is 14.0. The van der Waals surface area contributed by atoms with Gasteiger partial charge >= 0.3 is 0 Å². The highest BCUT2D eigenvalue weighted by Gasteiger charge is 2.11. The standard InChI is InChI=1S/C13H16O2/c1-4-13(14)10(2)8-11-6-5-7-12(9-11)15-3/h1,5-7,9-10,13-14H,8H2,2-3H3. The molecule has 0 bridgehead atoms. The summed E-state index contributed by atoms with van der Waals surface area (Å²) in [6, 6.07) is 7.79.